The number of carbonyl (C=O) groups excluding carboxylic acids is 1. The molecule has 1 amide bonds. The number of nitrogens with one attached hydrogen (secondary N) is 1. The number of benzene rings is 2. The molecule has 0 bridgehead atoms. The zero-order valence-electron chi connectivity index (χ0n) is 16.4. The van der Waals surface area contributed by atoms with Crippen LogP contribution >= 0.6 is 11.6 Å². The molecule has 160 valence electrons. The molecule has 2 fully saturated rings. The van der Waals surface area contributed by atoms with Gasteiger partial charge in [-0.2, -0.15) is 0 Å². The van der Waals surface area contributed by atoms with Crippen molar-refractivity contribution in [2.75, 3.05) is 32.8 Å². The van der Waals surface area contributed by atoms with Crippen molar-refractivity contribution in [3.63, 3.8) is 0 Å². The van der Waals surface area contributed by atoms with Gasteiger partial charge in [0.1, 0.15) is 5.82 Å². The molecule has 30 heavy (non-hydrogen) atoms. The summed E-state index contributed by atoms with van der Waals surface area (Å²) in [5.41, 5.74) is -0.206. The van der Waals surface area contributed by atoms with Crippen molar-refractivity contribution in [3.8, 4) is 0 Å². The second-order valence-corrected chi connectivity index (χ2v) is 8.02. The molecular formula is C22H24ClFN2O4. The van der Waals surface area contributed by atoms with Crippen molar-refractivity contribution in [1.29, 1.82) is 0 Å². The van der Waals surface area contributed by atoms with Crippen LogP contribution in [0.3, 0.4) is 0 Å². The number of rotatable bonds is 5. The monoisotopic (exact) mass is 434 g/mol. The molecule has 0 spiro atoms. The third-order valence-corrected chi connectivity index (χ3v) is 6.05. The number of nitrogens with zero attached hydrogens (tertiary/aromatic N) is 1. The lowest BCUT2D eigenvalue weighted by Crippen LogP contribution is -2.62. The quantitative estimate of drug-likeness (QED) is 0.756. The number of carbonyl (C=O) groups is 1. The molecule has 0 aliphatic carbocycles. The fourth-order valence-corrected chi connectivity index (χ4v) is 4.32. The minimum absolute atomic E-state index is 0.0364. The van der Waals surface area contributed by atoms with E-state index in [2.05, 4.69) is 10.2 Å². The number of likely N-dealkylation sites (tertiary alicyclic amines) is 1. The predicted molar refractivity (Wildman–Crippen MR) is 110 cm³/mol. The minimum Gasteiger partial charge on any atom is -0.389 e. The number of piperidine rings is 1. The summed E-state index contributed by atoms with van der Waals surface area (Å²) in [5, 5.41) is 14.3. The van der Waals surface area contributed by atoms with Crippen molar-refractivity contribution in [1.82, 2.24) is 10.2 Å². The van der Waals surface area contributed by atoms with Crippen LogP contribution in [0.1, 0.15) is 22.3 Å². The maximum absolute atomic E-state index is 13.7. The first kappa shape index (κ1) is 21.2. The summed E-state index contributed by atoms with van der Waals surface area (Å²) in [5.74, 6) is -1.08. The molecule has 2 N–H and O–H groups in total. The van der Waals surface area contributed by atoms with E-state index in [1.165, 1.54) is 12.1 Å². The number of β-amino-alcohol motifs (C(OH)–C–C–N with tert-alkyl or cyclic N) is 1. The van der Waals surface area contributed by atoms with Gasteiger partial charge in [-0.15, -0.1) is 0 Å². The molecular weight excluding hydrogens is 411 g/mol. The fraction of sp³-hybridized carbons (Fsp3) is 0.409. The summed E-state index contributed by atoms with van der Waals surface area (Å²) in [6.45, 7) is 2.63. The Bertz CT molecular complexity index is 894. The van der Waals surface area contributed by atoms with E-state index in [9.17, 15) is 14.3 Å². The summed E-state index contributed by atoms with van der Waals surface area (Å²) < 4.78 is 24.7. The van der Waals surface area contributed by atoms with Gasteiger partial charge in [0.05, 0.1) is 35.4 Å². The second-order valence-electron chi connectivity index (χ2n) is 7.61. The van der Waals surface area contributed by atoms with Crippen LogP contribution in [0.15, 0.2) is 48.5 Å². The van der Waals surface area contributed by atoms with Crippen LogP contribution in [0.2, 0.25) is 5.02 Å². The summed E-state index contributed by atoms with van der Waals surface area (Å²) >= 11 is 6.13. The number of aliphatic hydroxyl groups is 1. The van der Waals surface area contributed by atoms with Crippen molar-refractivity contribution in [2.24, 2.45) is 0 Å². The molecule has 2 aliphatic heterocycles. The van der Waals surface area contributed by atoms with Gasteiger partial charge in [0, 0.05) is 19.6 Å². The number of hydrogen-bond donors (Lipinski definition) is 2. The Kier molecular flexibility index (Phi) is 6.36. The smallest absolute Gasteiger partial charge is 0.253 e. The molecule has 0 unspecified atom stereocenters. The molecule has 0 radical (unpaired) electrons. The highest BCUT2D eigenvalue weighted by Crippen LogP contribution is 2.34. The van der Waals surface area contributed by atoms with Gasteiger partial charge in [0.25, 0.3) is 5.91 Å². The van der Waals surface area contributed by atoms with Gasteiger partial charge in [-0.3, -0.25) is 9.69 Å². The van der Waals surface area contributed by atoms with Gasteiger partial charge in [0.2, 0.25) is 0 Å². The number of ether oxygens (including phenoxy) is 2. The Morgan fingerprint density at radius 1 is 1.23 bits per heavy atom. The van der Waals surface area contributed by atoms with Crippen molar-refractivity contribution in [2.45, 2.75) is 24.4 Å². The number of aliphatic hydroxyl groups excluding tert-OH is 1. The molecule has 2 saturated heterocycles. The maximum Gasteiger partial charge on any atom is 0.253 e. The van der Waals surface area contributed by atoms with Crippen LogP contribution in [0.4, 0.5) is 4.39 Å². The molecule has 2 aliphatic rings. The summed E-state index contributed by atoms with van der Waals surface area (Å²) in [7, 11) is 0. The van der Waals surface area contributed by atoms with E-state index in [1.807, 2.05) is 30.3 Å². The van der Waals surface area contributed by atoms with Crippen LogP contribution in [0, 0.1) is 5.82 Å². The van der Waals surface area contributed by atoms with Gasteiger partial charge >= 0.3 is 0 Å². The average Bonchev–Trinajstić information content (AvgIpc) is 3.25. The Morgan fingerprint density at radius 3 is 2.67 bits per heavy atom. The van der Waals surface area contributed by atoms with Crippen molar-refractivity contribution < 1.29 is 23.8 Å². The number of halogens is 2. The molecule has 2 aromatic rings. The van der Waals surface area contributed by atoms with E-state index in [0.717, 1.165) is 11.6 Å². The highest BCUT2D eigenvalue weighted by atomic mass is 35.5. The molecule has 8 heteroatoms. The van der Waals surface area contributed by atoms with Gasteiger partial charge in [-0.05, 0) is 30.2 Å². The van der Waals surface area contributed by atoms with Gasteiger partial charge in [-0.25, -0.2) is 4.39 Å². The van der Waals surface area contributed by atoms with Crippen molar-refractivity contribution in [3.05, 3.63) is 70.5 Å². The second kappa shape index (κ2) is 8.99. The normalized spacial score (nSPS) is 25.4. The molecule has 2 aromatic carbocycles. The van der Waals surface area contributed by atoms with Crippen LogP contribution in [0.25, 0.3) is 0 Å². The van der Waals surface area contributed by atoms with E-state index in [0.29, 0.717) is 39.3 Å². The zero-order chi connectivity index (χ0) is 21.1. The Morgan fingerprint density at radius 2 is 1.97 bits per heavy atom. The lowest BCUT2D eigenvalue weighted by Gasteiger charge is -2.46. The van der Waals surface area contributed by atoms with Crippen LogP contribution < -0.4 is 5.32 Å². The molecule has 0 aromatic heterocycles. The van der Waals surface area contributed by atoms with E-state index in [1.54, 1.807) is 0 Å². The molecule has 2 heterocycles. The van der Waals surface area contributed by atoms with E-state index in [-0.39, 0.29) is 16.9 Å². The van der Waals surface area contributed by atoms with Gasteiger partial charge in [-0.1, -0.05) is 41.9 Å². The van der Waals surface area contributed by atoms with E-state index >= 15 is 0 Å². The molecule has 2 atom stereocenters. The topological polar surface area (TPSA) is 71.0 Å². The third-order valence-electron chi connectivity index (χ3n) is 5.72. The summed E-state index contributed by atoms with van der Waals surface area (Å²) in [4.78, 5) is 15.1. The first-order chi connectivity index (χ1) is 14.5. The van der Waals surface area contributed by atoms with Gasteiger partial charge in [0.15, 0.2) is 6.29 Å². The lowest BCUT2D eigenvalue weighted by molar-refractivity contribution is -0.0853. The lowest BCUT2D eigenvalue weighted by atomic mass is 9.78. The minimum atomic E-state index is -1.03. The van der Waals surface area contributed by atoms with Crippen LogP contribution in [0.5, 0.6) is 0 Å². The molecule has 6 nitrogen and oxygen atoms in total. The largest absolute Gasteiger partial charge is 0.389 e. The highest BCUT2D eigenvalue weighted by molar-refractivity contribution is 6.33. The highest BCUT2D eigenvalue weighted by Gasteiger charge is 2.45. The van der Waals surface area contributed by atoms with E-state index < -0.39 is 23.4 Å². The van der Waals surface area contributed by atoms with Crippen molar-refractivity contribution >= 4 is 17.5 Å². The van der Waals surface area contributed by atoms with E-state index in [4.69, 9.17) is 21.1 Å². The Labute approximate surface area is 179 Å². The Hall–Kier alpha value is -2.03. The maximum atomic E-state index is 13.7. The summed E-state index contributed by atoms with van der Waals surface area (Å²) in [6, 6.07) is 13.0. The van der Waals surface area contributed by atoms with Crippen LogP contribution in [-0.4, -0.2) is 61.2 Å². The number of hydrogen-bond acceptors (Lipinski definition) is 5. The Balaban J connectivity index is 1.58. The molecule has 0 saturated carbocycles. The predicted octanol–water partition coefficient (Wildman–Crippen LogP) is 2.54. The van der Waals surface area contributed by atoms with Crippen LogP contribution in [-0.2, 0) is 15.0 Å². The summed E-state index contributed by atoms with van der Waals surface area (Å²) in [6.07, 6.45) is -0.739. The third kappa shape index (κ3) is 4.36. The molecule has 4 rings (SSSR count). The average molecular weight is 435 g/mol. The first-order valence-corrected chi connectivity index (χ1v) is 10.3. The fourth-order valence-electron chi connectivity index (χ4n) is 4.11. The zero-order valence-corrected chi connectivity index (χ0v) is 17.1. The van der Waals surface area contributed by atoms with Gasteiger partial charge < -0.3 is 19.9 Å². The number of amides is 1. The SMILES string of the molecule is O=C(N[C@@]1(c2ccccc2)CCN(CC2OCCO2)C[C@H]1O)c1cc(F)ccc1Cl. The first-order valence-electron chi connectivity index (χ1n) is 9.95. The standard InChI is InChI=1S/C22H24ClFN2O4/c23-18-7-6-16(24)12-17(18)21(28)25-22(15-4-2-1-3-5-15)8-9-26(13-19(22)27)14-20-29-10-11-30-20/h1-7,12,19-20,27H,8-11,13-14H2,(H,25,28)/t19-,22-/m1/s1.